The Morgan fingerprint density at radius 3 is 2.58 bits per heavy atom. The van der Waals surface area contributed by atoms with Crippen LogP contribution in [0.1, 0.15) is 21.7 Å². The lowest BCUT2D eigenvalue weighted by molar-refractivity contribution is -0.137. The number of carbonyl (C=O) groups is 1. The number of pyridine rings is 1. The van der Waals surface area contributed by atoms with Gasteiger partial charge in [0.2, 0.25) is 0 Å². The maximum Gasteiger partial charge on any atom is 0.417 e. The fourth-order valence-electron chi connectivity index (χ4n) is 3.28. The molecule has 156 valence electrons. The van der Waals surface area contributed by atoms with Crippen LogP contribution in [-0.2, 0) is 6.18 Å². The van der Waals surface area contributed by atoms with Gasteiger partial charge in [-0.15, -0.1) is 0 Å². The highest BCUT2D eigenvalue weighted by Gasteiger charge is 2.34. The molecule has 0 aliphatic heterocycles. The molecule has 4 rings (SSSR count). The standard InChI is InChI=1S/C22H15F3N4O2/c1-13-27-19-17(9-5-11-26-19)21(31)29(13)15-7-4-6-14(12-15)28-20(30)16-8-2-3-10-18(16)22(23,24)25/h2-12H,1H3,(H,28,30). The quantitative estimate of drug-likeness (QED) is 0.530. The Morgan fingerprint density at radius 2 is 1.81 bits per heavy atom. The van der Waals surface area contributed by atoms with Crippen molar-refractivity contribution < 1.29 is 18.0 Å². The van der Waals surface area contributed by atoms with Gasteiger partial charge in [0.1, 0.15) is 5.82 Å². The molecule has 6 nitrogen and oxygen atoms in total. The number of hydrogen-bond donors (Lipinski definition) is 1. The molecular weight excluding hydrogens is 409 g/mol. The second kappa shape index (κ2) is 7.67. The van der Waals surface area contributed by atoms with Gasteiger partial charge in [0.25, 0.3) is 11.5 Å². The number of aryl methyl sites for hydroxylation is 1. The summed E-state index contributed by atoms with van der Waals surface area (Å²) in [6.07, 6.45) is -3.13. The van der Waals surface area contributed by atoms with E-state index in [1.807, 2.05) is 0 Å². The number of benzene rings is 2. The van der Waals surface area contributed by atoms with Gasteiger partial charge in [-0.2, -0.15) is 13.2 Å². The van der Waals surface area contributed by atoms with Gasteiger partial charge in [-0.1, -0.05) is 18.2 Å². The van der Waals surface area contributed by atoms with Crippen LogP contribution in [0.2, 0.25) is 0 Å². The zero-order valence-electron chi connectivity index (χ0n) is 16.1. The summed E-state index contributed by atoms with van der Waals surface area (Å²) in [6, 6.07) is 14.0. The molecule has 4 aromatic rings. The normalized spacial score (nSPS) is 11.5. The second-order valence-corrected chi connectivity index (χ2v) is 6.72. The zero-order chi connectivity index (χ0) is 22.2. The predicted octanol–water partition coefficient (Wildman–Crippen LogP) is 4.36. The van der Waals surface area contributed by atoms with E-state index in [4.69, 9.17) is 0 Å². The van der Waals surface area contributed by atoms with Crippen LogP contribution >= 0.6 is 0 Å². The molecule has 0 bridgehead atoms. The van der Waals surface area contributed by atoms with Gasteiger partial charge in [0.15, 0.2) is 5.65 Å². The van der Waals surface area contributed by atoms with Crippen LogP contribution in [-0.4, -0.2) is 20.4 Å². The largest absolute Gasteiger partial charge is 0.417 e. The van der Waals surface area contributed by atoms with Crippen molar-refractivity contribution in [2.75, 3.05) is 5.32 Å². The first-order valence-corrected chi connectivity index (χ1v) is 9.18. The van der Waals surface area contributed by atoms with Crippen molar-refractivity contribution in [2.24, 2.45) is 0 Å². The summed E-state index contributed by atoms with van der Waals surface area (Å²) in [6.45, 7) is 1.64. The smallest absolute Gasteiger partial charge is 0.322 e. The summed E-state index contributed by atoms with van der Waals surface area (Å²) in [5.74, 6) is -0.530. The van der Waals surface area contributed by atoms with E-state index in [0.29, 0.717) is 22.5 Å². The topological polar surface area (TPSA) is 76.9 Å². The molecule has 2 aromatic carbocycles. The lowest BCUT2D eigenvalue weighted by Crippen LogP contribution is -2.23. The van der Waals surface area contributed by atoms with E-state index in [9.17, 15) is 22.8 Å². The number of nitrogens with zero attached hydrogens (tertiary/aromatic N) is 3. The lowest BCUT2D eigenvalue weighted by atomic mass is 10.1. The van der Waals surface area contributed by atoms with Crippen LogP contribution in [0.3, 0.4) is 0 Å². The van der Waals surface area contributed by atoms with E-state index in [-0.39, 0.29) is 11.2 Å². The van der Waals surface area contributed by atoms with Crippen molar-refractivity contribution in [1.29, 1.82) is 0 Å². The summed E-state index contributed by atoms with van der Waals surface area (Å²) in [7, 11) is 0. The number of anilines is 1. The van der Waals surface area contributed by atoms with Crippen LogP contribution in [0.4, 0.5) is 18.9 Å². The number of rotatable bonds is 3. The van der Waals surface area contributed by atoms with Gasteiger partial charge >= 0.3 is 6.18 Å². The molecule has 0 aliphatic carbocycles. The molecule has 9 heteroatoms. The summed E-state index contributed by atoms with van der Waals surface area (Å²) in [5.41, 5.74) is -0.912. The number of carbonyl (C=O) groups excluding carboxylic acids is 1. The third kappa shape index (κ3) is 3.89. The van der Waals surface area contributed by atoms with Crippen molar-refractivity contribution in [2.45, 2.75) is 13.1 Å². The molecule has 0 saturated heterocycles. The van der Waals surface area contributed by atoms with Crippen molar-refractivity contribution in [3.05, 3.63) is 94.2 Å². The fraction of sp³-hybridized carbons (Fsp3) is 0.0909. The molecule has 0 saturated carbocycles. The number of hydrogen-bond acceptors (Lipinski definition) is 4. The number of nitrogens with one attached hydrogen (secondary N) is 1. The van der Waals surface area contributed by atoms with E-state index in [1.54, 1.807) is 31.2 Å². The van der Waals surface area contributed by atoms with Gasteiger partial charge < -0.3 is 5.32 Å². The van der Waals surface area contributed by atoms with Crippen molar-refractivity contribution >= 4 is 22.6 Å². The number of amides is 1. The monoisotopic (exact) mass is 424 g/mol. The Balaban J connectivity index is 1.72. The molecule has 1 amide bonds. The Hall–Kier alpha value is -4.01. The molecule has 31 heavy (non-hydrogen) atoms. The fourth-order valence-corrected chi connectivity index (χ4v) is 3.28. The SMILES string of the molecule is Cc1nc2ncccc2c(=O)n1-c1cccc(NC(=O)c2ccccc2C(F)(F)F)c1. The third-order valence-electron chi connectivity index (χ3n) is 4.65. The Kier molecular flexibility index (Phi) is 5.02. The number of fused-ring (bicyclic) bond motifs is 1. The van der Waals surface area contributed by atoms with Crippen LogP contribution in [0.15, 0.2) is 71.7 Å². The summed E-state index contributed by atoms with van der Waals surface area (Å²) in [4.78, 5) is 33.9. The Morgan fingerprint density at radius 1 is 1.03 bits per heavy atom. The van der Waals surface area contributed by atoms with Gasteiger partial charge in [-0.3, -0.25) is 14.2 Å². The van der Waals surface area contributed by atoms with Crippen LogP contribution < -0.4 is 10.9 Å². The third-order valence-corrected chi connectivity index (χ3v) is 4.65. The first-order valence-electron chi connectivity index (χ1n) is 9.18. The first-order chi connectivity index (χ1) is 14.8. The lowest BCUT2D eigenvalue weighted by Gasteiger charge is -2.14. The minimum atomic E-state index is -4.66. The molecule has 1 N–H and O–H groups in total. The summed E-state index contributed by atoms with van der Waals surface area (Å²) >= 11 is 0. The van der Waals surface area contributed by atoms with E-state index in [2.05, 4.69) is 15.3 Å². The minimum absolute atomic E-state index is 0.233. The van der Waals surface area contributed by atoms with E-state index >= 15 is 0 Å². The van der Waals surface area contributed by atoms with E-state index in [0.717, 1.165) is 12.1 Å². The predicted molar refractivity (Wildman–Crippen MR) is 109 cm³/mol. The van der Waals surface area contributed by atoms with Crippen molar-refractivity contribution in [3.8, 4) is 5.69 Å². The van der Waals surface area contributed by atoms with E-state index < -0.39 is 23.2 Å². The average molecular weight is 424 g/mol. The minimum Gasteiger partial charge on any atom is -0.322 e. The van der Waals surface area contributed by atoms with Crippen molar-refractivity contribution in [3.63, 3.8) is 0 Å². The van der Waals surface area contributed by atoms with E-state index in [1.165, 1.54) is 35.0 Å². The maximum absolute atomic E-state index is 13.2. The average Bonchev–Trinajstić information content (AvgIpc) is 2.73. The van der Waals surface area contributed by atoms with Gasteiger partial charge in [0.05, 0.1) is 22.2 Å². The maximum atomic E-state index is 13.2. The van der Waals surface area contributed by atoms with Crippen molar-refractivity contribution in [1.82, 2.24) is 14.5 Å². The zero-order valence-corrected chi connectivity index (χ0v) is 16.1. The number of halogens is 3. The van der Waals surface area contributed by atoms with Crippen LogP contribution in [0, 0.1) is 6.92 Å². The molecular formula is C22H15F3N4O2. The van der Waals surface area contributed by atoms with Gasteiger partial charge in [0, 0.05) is 11.9 Å². The molecule has 0 aliphatic rings. The highest BCUT2D eigenvalue weighted by molar-refractivity contribution is 6.05. The summed E-state index contributed by atoms with van der Waals surface area (Å²) in [5, 5.41) is 2.79. The van der Waals surface area contributed by atoms with Crippen LogP contribution in [0.25, 0.3) is 16.7 Å². The molecule has 2 heterocycles. The number of alkyl halides is 3. The molecule has 0 spiro atoms. The highest BCUT2D eigenvalue weighted by Crippen LogP contribution is 2.32. The first kappa shape index (κ1) is 20.3. The Labute approximate surface area is 174 Å². The second-order valence-electron chi connectivity index (χ2n) is 6.72. The van der Waals surface area contributed by atoms with Crippen LogP contribution in [0.5, 0.6) is 0 Å². The van der Waals surface area contributed by atoms with Gasteiger partial charge in [-0.05, 0) is 49.4 Å². The molecule has 2 aromatic heterocycles. The summed E-state index contributed by atoms with van der Waals surface area (Å²) < 4.78 is 41.0. The molecule has 0 fully saturated rings. The Bertz CT molecular complexity index is 1360. The molecule has 0 radical (unpaired) electrons. The van der Waals surface area contributed by atoms with Gasteiger partial charge in [-0.25, -0.2) is 9.97 Å². The molecule has 0 atom stereocenters. The number of aromatic nitrogens is 3. The molecule has 0 unspecified atom stereocenters. The highest BCUT2D eigenvalue weighted by atomic mass is 19.4.